The van der Waals surface area contributed by atoms with Gasteiger partial charge in [-0.2, -0.15) is 0 Å². The molecule has 0 spiro atoms. The number of rotatable bonds is 1. The molecule has 0 saturated heterocycles. The molecule has 0 bridgehead atoms. The van der Waals surface area contributed by atoms with Crippen molar-refractivity contribution in [3.05, 3.63) is 34.6 Å². The summed E-state index contributed by atoms with van der Waals surface area (Å²) in [7, 11) is 0. The first-order chi connectivity index (χ1) is 8.09. The molecule has 1 aromatic heterocycles. The van der Waals surface area contributed by atoms with Gasteiger partial charge in [0.25, 0.3) is 5.56 Å². The Hall–Kier alpha value is -2.28. The van der Waals surface area contributed by atoms with E-state index in [4.69, 9.17) is 5.73 Å². The number of nitrogens with zero attached hydrogens (tertiary/aromatic N) is 2. The average Bonchev–Trinajstić information content (AvgIpc) is 2.32. The van der Waals surface area contributed by atoms with E-state index in [9.17, 15) is 9.90 Å². The van der Waals surface area contributed by atoms with Crippen LogP contribution in [-0.4, -0.2) is 15.2 Å². The number of pyridine rings is 1. The van der Waals surface area contributed by atoms with Crippen molar-refractivity contribution in [2.75, 3.05) is 0 Å². The fourth-order valence-corrected chi connectivity index (χ4v) is 1.46. The van der Waals surface area contributed by atoms with Crippen LogP contribution in [0, 0.1) is 0 Å². The van der Waals surface area contributed by atoms with Crippen LogP contribution >= 0.6 is 12.2 Å². The molecule has 0 unspecified atom stereocenters. The molecule has 2 rings (SSSR count). The Morgan fingerprint density at radius 1 is 1.35 bits per heavy atom. The highest BCUT2D eigenvalue weighted by atomic mass is 32.1. The number of hydrogen-bond acceptors (Lipinski definition) is 4. The normalized spacial score (nSPS) is 11.1. The minimum absolute atomic E-state index is 0.0681. The third kappa shape index (κ3) is 2.13. The molecule has 2 aromatic rings. The molecule has 0 atom stereocenters. The molecule has 17 heavy (non-hydrogen) atoms. The first kappa shape index (κ1) is 11.2. The number of fused-ring (bicyclic) bond motifs is 1. The van der Waals surface area contributed by atoms with Gasteiger partial charge < -0.3 is 15.8 Å². The van der Waals surface area contributed by atoms with Crippen LogP contribution in [0.3, 0.4) is 0 Å². The minimum atomic E-state index is -0.365. The Labute approximate surface area is 101 Å². The first-order valence-electron chi connectivity index (χ1n) is 4.65. The molecule has 0 aliphatic carbocycles. The standard InChI is InChI=1S/C10H8N4O2S/c11-10(17)14-13-8-7(15)5-3-1-2-4-6(5)9(16)12-8/h1-4,15H,(H2,11,17)(H,12,16). The number of nitrogens with two attached hydrogens (primary N) is 1. The van der Waals surface area contributed by atoms with Crippen LogP contribution in [0.1, 0.15) is 0 Å². The van der Waals surface area contributed by atoms with Crippen LogP contribution in [0.4, 0.5) is 5.82 Å². The van der Waals surface area contributed by atoms with Gasteiger partial charge in [0.05, 0.1) is 5.39 Å². The van der Waals surface area contributed by atoms with Crippen molar-refractivity contribution in [2.45, 2.75) is 0 Å². The van der Waals surface area contributed by atoms with E-state index in [1.54, 1.807) is 24.3 Å². The predicted octanol–water partition coefficient (Wildman–Crippen LogP) is 1.56. The lowest BCUT2D eigenvalue weighted by atomic mass is 10.1. The summed E-state index contributed by atoms with van der Waals surface area (Å²) in [5.41, 5.74) is 4.77. The molecule has 86 valence electrons. The second kappa shape index (κ2) is 4.30. The lowest BCUT2D eigenvalue weighted by molar-refractivity contribution is 0.480. The van der Waals surface area contributed by atoms with E-state index >= 15 is 0 Å². The molecule has 0 saturated carbocycles. The summed E-state index contributed by atoms with van der Waals surface area (Å²) in [5, 5.41) is 17.4. The summed E-state index contributed by atoms with van der Waals surface area (Å²) in [6, 6.07) is 6.62. The molecule has 7 heteroatoms. The lowest BCUT2D eigenvalue weighted by Gasteiger charge is -2.02. The van der Waals surface area contributed by atoms with Crippen molar-refractivity contribution in [1.29, 1.82) is 0 Å². The monoisotopic (exact) mass is 248 g/mol. The topological polar surface area (TPSA) is 104 Å². The smallest absolute Gasteiger partial charge is 0.257 e. The highest BCUT2D eigenvalue weighted by molar-refractivity contribution is 7.80. The van der Waals surface area contributed by atoms with Gasteiger partial charge in [0.1, 0.15) is 0 Å². The number of H-pyrrole nitrogens is 1. The molecule has 1 heterocycles. The van der Waals surface area contributed by atoms with Gasteiger partial charge in [-0.15, -0.1) is 10.2 Å². The maximum Gasteiger partial charge on any atom is 0.257 e. The van der Waals surface area contributed by atoms with Crippen molar-refractivity contribution in [2.24, 2.45) is 16.0 Å². The number of aromatic hydroxyl groups is 1. The van der Waals surface area contributed by atoms with E-state index in [0.29, 0.717) is 10.8 Å². The number of azo groups is 1. The maximum atomic E-state index is 11.7. The summed E-state index contributed by atoms with van der Waals surface area (Å²) in [6.07, 6.45) is 0. The minimum Gasteiger partial charge on any atom is -0.504 e. The predicted molar refractivity (Wildman–Crippen MR) is 67.5 cm³/mol. The van der Waals surface area contributed by atoms with Crippen molar-refractivity contribution < 1.29 is 5.11 Å². The van der Waals surface area contributed by atoms with Gasteiger partial charge in [0.15, 0.2) is 11.6 Å². The van der Waals surface area contributed by atoms with E-state index in [1.165, 1.54) is 0 Å². The zero-order valence-electron chi connectivity index (χ0n) is 8.54. The van der Waals surface area contributed by atoms with E-state index < -0.39 is 0 Å². The van der Waals surface area contributed by atoms with Gasteiger partial charge >= 0.3 is 0 Å². The van der Waals surface area contributed by atoms with Gasteiger partial charge in [-0.05, 0) is 18.3 Å². The Bertz CT molecular complexity index is 678. The van der Waals surface area contributed by atoms with Gasteiger partial charge in [-0.25, -0.2) is 0 Å². The number of thiocarbonyl (C=S) groups is 1. The Kier molecular flexibility index (Phi) is 2.84. The third-order valence-corrected chi connectivity index (χ3v) is 2.21. The Balaban J connectivity index is 2.71. The summed E-state index contributed by atoms with van der Waals surface area (Å²) in [4.78, 5) is 14.1. The first-order valence-corrected chi connectivity index (χ1v) is 5.05. The molecule has 0 aliphatic rings. The third-order valence-electron chi connectivity index (χ3n) is 2.13. The SMILES string of the molecule is NC(=S)N=Nc1[nH]c(=O)c2ccccc2c1O. The van der Waals surface area contributed by atoms with Crippen LogP contribution < -0.4 is 11.3 Å². The summed E-state index contributed by atoms with van der Waals surface area (Å²) >= 11 is 4.51. The summed E-state index contributed by atoms with van der Waals surface area (Å²) in [5.74, 6) is -0.235. The van der Waals surface area contributed by atoms with Gasteiger partial charge in [0.2, 0.25) is 5.11 Å². The molecule has 6 nitrogen and oxygen atoms in total. The van der Waals surface area contributed by atoms with E-state index in [-0.39, 0.29) is 22.2 Å². The van der Waals surface area contributed by atoms with Crippen molar-refractivity contribution in [1.82, 2.24) is 4.98 Å². The second-order valence-corrected chi connectivity index (χ2v) is 3.65. The van der Waals surface area contributed by atoms with Crippen molar-refractivity contribution in [3.8, 4) is 5.75 Å². The zero-order valence-corrected chi connectivity index (χ0v) is 9.36. The average molecular weight is 248 g/mol. The Morgan fingerprint density at radius 2 is 2.00 bits per heavy atom. The van der Waals surface area contributed by atoms with Crippen molar-refractivity contribution >= 4 is 33.9 Å². The number of aromatic nitrogens is 1. The van der Waals surface area contributed by atoms with E-state index in [2.05, 4.69) is 27.4 Å². The van der Waals surface area contributed by atoms with E-state index in [1.807, 2.05) is 0 Å². The number of nitrogens with one attached hydrogen (secondary N) is 1. The molecule has 0 aliphatic heterocycles. The fourth-order valence-electron chi connectivity index (χ4n) is 1.42. The van der Waals surface area contributed by atoms with Gasteiger partial charge in [0, 0.05) is 5.39 Å². The lowest BCUT2D eigenvalue weighted by Crippen LogP contribution is -2.06. The quantitative estimate of drug-likeness (QED) is 0.526. The summed E-state index contributed by atoms with van der Waals surface area (Å²) in [6.45, 7) is 0. The Morgan fingerprint density at radius 3 is 2.65 bits per heavy atom. The van der Waals surface area contributed by atoms with Crippen LogP contribution in [0.25, 0.3) is 10.8 Å². The van der Waals surface area contributed by atoms with Crippen LogP contribution in [0.15, 0.2) is 39.3 Å². The molecule has 0 radical (unpaired) electrons. The highest BCUT2D eigenvalue weighted by Crippen LogP contribution is 2.30. The van der Waals surface area contributed by atoms with Gasteiger partial charge in [-0.3, -0.25) is 4.79 Å². The number of aromatic amines is 1. The molecule has 0 amide bonds. The van der Waals surface area contributed by atoms with Crippen LogP contribution in [0.2, 0.25) is 0 Å². The van der Waals surface area contributed by atoms with Crippen LogP contribution in [-0.2, 0) is 0 Å². The largest absolute Gasteiger partial charge is 0.504 e. The molecule has 4 N–H and O–H groups in total. The van der Waals surface area contributed by atoms with Gasteiger partial charge in [-0.1, -0.05) is 18.2 Å². The van der Waals surface area contributed by atoms with Crippen molar-refractivity contribution in [3.63, 3.8) is 0 Å². The summed E-state index contributed by atoms with van der Waals surface area (Å²) < 4.78 is 0. The maximum absolute atomic E-state index is 11.7. The molecule has 0 fully saturated rings. The fraction of sp³-hybridized carbons (Fsp3) is 0. The number of hydrogen-bond donors (Lipinski definition) is 3. The zero-order chi connectivity index (χ0) is 12.4. The highest BCUT2D eigenvalue weighted by Gasteiger charge is 2.09. The molecular weight excluding hydrogens is 240 g/mol. The number of benzene rings is 1. The molecular formula is C10H8N4O2S. The van der Waals surface area contributed by atoms with Crippen LogP contribution in [0.5, 0.6) is 5.75 Å². The second-order valence-electron chi connectivity index (χ2n) is 3.24. The van der Waals surface area contributed by atoms with E-state index in [0.717, 1.165) is 0 Å². The molecule has 1 aromatic carbocycles.